The number of hydrogen-bond donors (Lipinski definition) is 7. The quantitative estimate of drug-likeness (QED) is 0.0395. The second-order valence-electron chi connectivity index (χ2n) is 33.8. The van der Waals surface area contributed by atoms with Gasteiger partial charge in [-0.2, -0.15) is 40.8 Å². The summed E-state index contributed by atoms with van der Waals surface area (Å²) < 4.78 is 14.4. The molecular weight excluding hydrogens is 1590 g/mol. The fraction of sp³-hybridized carbons (Fsp3) is 0.326. The standard InChI is InChI=1S/C25H28N8.2C24H27N7O.C22H24N8/c1-32-14-19(10-28-32)16-4-3-5-17(8-16)24-27-13-22(20-11-29-33(2)15-20)25(31-24)30-23-7-6-18-9-26-12-21(18)23;1-30-14-18(11-26-30)16-4-3-5-17(10-16)23-25-13-22(19-12-27-31(2)15-19)24(29-23)28-20-6-8-21(32)9-7-20;1-30-11-10-22(29-30)21-14-25-23(28-24(21)27-19-6-8-20(32)9-7-19)17-5-3-4-16(12-17)18-13-26-31(2)15-18;1-28-14-18(11-25-28)16-4-3-5-17(10-16)21-24-13-20(19-12-26-29(2)15-19)22(27-21)30-8-6-23-7-9-30/h3-5,8,10-11,13-15,18,21,23,26H,6-7,9,12H2,1-2H3,(H,27,30,31);3-5,10-15,20-21,32H,6-9H2,1-2H3,(H,25,28,29);3-5,10-15,19-20,32H,6-9H2,1-2H3,(H,25,27,28);3-5,10-15,23H,6-9H2,1-2H3. The van der Waals surface area contributed by atoms with E-state index in [1.807, 2.05) is 229 Å². The van der Waals surface area contributed by atoms with Crippen molar-refractivity contribution in [3.63, 3.8) is 0 Å². The molecule has 3 aliphatic carbocycles. The maximum Gasteiger partial charge on any atom is 0.161 e. The number of hydrogen-bond acceptors (Lipinski definition) is 24. The van der Waals surface area contributed by atoms with Gasteiger partial charge >= 0.3 is 0 Å². The van der Waals surface area contributed by atoms with E-state index in [-0.39, 0.29) is 24.3 Å². The number of aliphatic hydroxyl groups is 2. The van der Waals surface area contributed by atoms with E-state index in [0.29, 0.717) is 23.6 Å². The predicted molar refractivity (Wildman–Crippen MR) is 493 cm³/mol. The maximum atomic E-state index is 9.87. The first-order valence-corrected chi connectivity index (χ1v) is 43.6. The van der Waals surface area contributed by atoms with Gasteiger partial charge in [-0.3, -0.25) is 37.5 Å². The second-order valence-corrected chi connectivity index (χ2v) is 33.8. The average molecular weight is 1700 g/mol. The number of aliphatic hydroxyl groups excluding tert-OH is 2. The minimum atomic E-state index is -0.195. The lowest BCUT2D eigenvalue weighted by Gasteiger charge is -2.30. The summed E-state index contributed by atoms with van der Waals surface area (Å²) in [5.41, 5.74) is 20.2. The Morgan fingerprint density at radius 1 is 0.323 bits per heavy atom. The minimum absolute atomic E-state index is 0.193. The highest BCUT2D eigenvalue weighted by atomic mass is 16.3. The van der Waals surface area contributed by atoms with E-state index in [1.165, 1.54) is 12.8 Å². The molecule has 3 atom stereocenters. The van der Waals surface area contributed by atoms with Gasteiger partial charge in [-0.05, 0) is 135 Å². The summed E-state index contributed by atoms with van der Waals surface area (Å²) in [6.45, 7) is 5.94. The van der Waals surface area contributed by atoms with Crippen LogP contribution in [0.25, 0.3) is 135 Å². The molecule has 2 aliphatic heterocycles. The molecule has 4 aromatic carbocycles. The van der Waals surface area contributed by atoms with E-state index < -0.39 is 0 Å². The molecule has 0 radical (unpaired) electrons. The van der Waals surface area contributed by atoms with Gasteiger partial charge < -0.3 is 41.7 Å². The lowest BCUT2D eigenvalue weighted by Crippen LogP contribution is -2.44. The van der Waals surface area contributed by atoms with Gasteiger partial charge in [0.15, 0.2) is 23.3 Å². The molecule has 2 saturated heterocycles. The Balaban J connectivity index is 0.000000115. The van der Waals surface area contributed by atoms with Crippen LogP contribution in [0.2, 0.25) is 0 Å². The zero-order chi connectivity index (χ0) is 87.0. The SMILES string of the molecule is Cn1cc(-c2cccc(-c3ncc(-c4ccn(C)n4)c(NC4CCC(O)CC4)n3)c2)cn1.Cn1cc(-c2cccc(-c3ncc(-c4cnn(C)c4)c(N4CCNCC4)n3)c2)cn1.Cn1cc(-c2cccc(-c3ncc(-c4cnn(C)c4)c(NC4CCC(O)CC4)n3)c2)cn1.Cn1cc(-c2cccc(-c3ncc(-c4cnn(C)c4)c(NC4CCC5CNCC54)n3)c2)cn1. The molecule has 5 fully saturated rings. The summed E-state index contributed by atoms with van der Waals surface area (Å²) >= 11 is 0. The van der Waals surface area contributed by atoms with E-state index in [2.05, 4.69) is 144 Å². The number of anilines is 4. The van der Waals surface area contributed by atoms with Crippen LogP contribution < -0.4 is 31.5 Å². The first kappa shape index (κ1) is 83.8. The van der Waals surface area contributed by atoms with Crippen molar-refractivity contribution in [2.75, 3.05) is 60.1 Å². The molecule has 14 heterocycles. The number of fused-ring (bicyclic) bond motifs is 1. The Morgan fingerprint density at radius 3 is 1.05 bits per heavy atom. The van der Waals surface area contributed by atoms with Crippen molar-refractivity contribution < 1.29 is 10.2 Å². The van der Waals surface area contributed by atoms with E-state index in [9.17, 15) is 10.2 Å². The molecule has 21 rings (SSSR count). The highest BCUT2D eigenvalue weighted by molar-refractivity contribution is 5.82. The monoisotopic (exact) mass is 1700 g/mol. The molecule has 127 heavy (non-hydrogen) atoms. The normalized spacial score (nSPS) is 18.4. The molecule has 7 N–H and O–H groups in total. The fourth-order valence-electron chi connectivity index (χ4n) is 17.5. The van der Waals surface area contributed by atoms with Crippen molar-refractivity contribution in [3.8, 4) is 135 Å². The number of aryl methyl sites for hydroxylation is 8. The minimum Gasteiger partial charge on any atom is -0.393 e. The fourth-order valence-corrected chi connectivity index (χ4v) is 17.5. The number of piperazine rings is 1. The molecule has 16 aromatic rings. The topological polar surface area (TPSA) is 350 Å². The van der Waals surface area contributed by atoms with Gasteiger partial charge in [0.1, 0.15) is 23.3 Å². The molecule has 3 saturated carbocycles. The van der Waals surface area contributed by atoms with E-state index >= 15 is 0 Å². The zero-order valence-corrected chi connectivity index (χ0v) is 72.7. The van der Waals surface area contributed by atoms with Gasteiger partial charge in [0.2, 0.25) is 0 Å². The van der Waals surface area contributed by atoms with E-state index in [1.54, 1.807) is 18.7 Å². The molecular formula is C95H106N30O2. The third kappa shape index (κ3) is 19.9. The average Bonchev–Trinajstić information content (AvgIpc) is 1.29. The van der Waals surface area contributed by atoms with Crippen LogP contribution in [-0.4, -0.2) is 198 Å². The van der Waals surface area contributed by atoms with E-state index in [0.717, 1.165) is 243 Å². The molecule has 32 heteroatoms. The highest BCUT2D eigenvalue weighted by Gasteiger charge is 2.40. The molecule has 12 aromatic heterocycles. The first-order valence-electron chi connectivity index (χ1n) is 43.6. The zero-order valence-electron chi connectivity index (χ0n) is 72.7. The second kappa shape index (κ2) is 37.8. The summed E-state index contributed by atoms with van der Waals surface area (Å²) in [5.74, 6) is 7.62. The molecule has 648 valence electrons. The summed E-state index contributed by atoms with van der Waals surface area (Å²) in [6.07, 6.45) is 45.5. The van der Waals surface area contributed by atoms with Gasteiger partial charge in [0.25, 0.3) is 0 Å². The van der Waals surface area contributed by atoms with Crippen LogP contribution in [0.5, 0.6) is 0 Å². The van der Waals surface area contributed by atoms with Gasteiger partial charge in [0, 0.05) is 259 Å². The van der Waals surface area contributed by atoms with Crippen LogP contribution >= 0.6 is 0 Å². The lowest BCUT2D eigenvalue weighted by atomic mass is 9.93. The van der Waals surface area contributed by atoms with Crippen LogP contribution in [-0.2, 0) is 56.4 Å². The first-order chi connectivity index (χ1) is 61.9. The van der Waals surface area contributed by atoms with Crippen LogP contribution in [0.3, 0.4) is 0 Å². The van der Waals surface area contributed by atoms with Crippen LogP contribution in [0.1, 0.15) is 64.2 Å². The van der Waals surface area contributed by atoms with Crippen molar-refractivity contribution >= 4 is 23.3 Å². The van der Waals surface area contributed by atoms with E-state index in [4.69, 9.17) is 34.9 Å². The van der Waals surface area contributed by atoms with Crippen LogP contribution in [0.4, 0.5) is 23.3 Å². The lowest BCUT2D eigenvalue weighted by molar-refractivity contribution is 0.125. The predicted octanol–water partition coefficient (Wildman–Crippen LogP) is 13.0. The summed E-state index contributed by atoms with van der Waals surface area (Å²) in [4.78, 5) is 41.1. The van der Waals surface area contributed by atoms with Gasteiger partial charge in [-0.15, -0.1) is 0 Å². The molecule has 3 unspecified atom stereocenters. The van der Waals surface area contributed by atoms with Gasteiger partial charge in [0.05, 0.1) is 66.8 Å². The molecule has 0 spiro atoms. The number of nitrogens with zero attached hydrogens (tertiary/aromatic N) is 25. The highest BCUT2D eigenvalue weighted by Crippen LogP contribution is 2.41. The van der Waals surface area contributed by atoms with Crippen molar-refractivity contribution in [2.24, 2.45) is 68.2 Å². The summed E-state index contributed by atoms with van der Waals surface area (Å²) in [5, 5.41) is 72.5. The summed E-state index contributed by atoms with van der Waals surface area (Å²) in [6, 6.07) is 36.0. The van der Waals surface area contributed by atoms with Gasteiger partial charge in [-0.1, -0.05) is 72.8 Å². The van der Waals surface area contributed by atoms with Crippen LogP contribution in [0, 0.1) is 11.8 Å². The maximum absolute atomic E-state index is 9.87. The Hall–Kier alpha value is -14.1. The van der Waals surface area contributed by atoms with Crippen molar-refractivity contribution in [1.82, 2.24) is 129 Å². The number of benzene rings is 4. The van der Waals surface area contributed by atoms with Crippen molar-refractivity contribution in [3.05, 3.63) is 221 Å². The third-order valence-electron chi connectivity index (χ3n) is 24.4. The Labute approximate surface area is 736 Å². The molecule has 5 aliphatic rings. The molecule has 0 amide bonds. The summed E-state index contributed by atoms with van der Waals surface area (Å²) in [7, 11) is 15.3. The number of rotatable bonds is 19. The smallest absolute Gasteiger partial charge is 0.161 e. The van der Waals surface area contributed by atoms with Gasteiger partial charge in [-0.25, -0.2) is 39.9 Å². The number of nitrogens with one attached hydrogen (secondary N) is 5. The largest absolute Gasteiger partial charge is 0.393 e. The number of aromatic nitrogens is 24. The Bertz CT molecular complexity index is 6250. The van der Waals surface area contributed by atoms with Crippen molar-refractivity contribution in [2.45, 2.75) is 94.5 Å². The molecule has 0 bridgehead atoms. The third-order valence-corrected chi connectivity index (χ3v) is 24.4. The van der Waals surface area contributed by atoms with Crippen molar-refractivity contribution in [1.29, 1.82) is 0 Å². The molecule has 32 nitrogen and oxygen atoms in total. The van der Waals surface area contributed by atoms with Crippen LogP contribution in [0.15, 0.2) is 221 Å². The Kier molecular flexibility index (Phi) is 24.9. The Morgan fingerprint density at radius 2 is 0.669 bits per heavy atom.